The van der Waals surface area contributed by atoms with E-state index in [-0.39, 0.29) is 10.6 Å². The summed E-state index contributed by atoms with van der Waals surface area (Å²) in [7, 11) is -3.57. The van der Waals surface area contributed by atoms with Crippen LogP contribution in [-0.2, 0) is 10.0 Å². The molecule has 1 aromatic rings. The Balaban J connectivity index is 2.30. The third-order valence-corrected chi connectivity index (χ3v) is 5.50. The van der Waals surface area contributed by atoms with Crippen molar-refractivity contribution in [2.75, 3.05) is 5.73 Å². The molecule has 1 aliphatic rings. The molecule has 1 aromatic carbocycles. The minimum atomic E-state index is -3.57. The Hall–Kier alpha value is -0.590. The van der Waals surface area contributed by atoms with E-state index in [4.69, 9.17) is 5.73 Å². The maximum absolute atomic E-state index is 12.3. The van der Waals surface area contributed by atoms with Crippen LogP contribution in [0.15, 0.2) is 27.6 Å². The number of halogens is 1. The van der Waals surface area contributed by atoms with E-state index >= 15 is 0 Å². The summed E-state index contributed by atoms with van der Waals surface area (Å²) in [5.41, 5.74) is 5.60. The number of nitrogens with two attached hydrogens (primary N) is 1. The predicted octanol–water partition coefficient (Wildman–Crippen LogP) is 2.50. The summed E-state index contributed by atoms with van der Waals surface area (Å²) in [4.78, 5) is 0.138. The van der Waals surface area contributed by atoms with Crippen LogP contribution in [-0.4, -0.2) is 14.0 Å². The van der Waals surface area contributed by atoms with Gasteiger partial charge in [0, 0.05) is 10.0 Å². The Morgan fingerprint density at radius 3 is 2.50 bits per heavy atom. The summed E-state index contributed by atoms with van der Waals surface area (Å²) in [6.45, 7) is 3.83. The van der Waals surface area contributed by atoms with E-state index in [1.165, 1.54) is 6.07 Å². The highest BCUT2D eigenvalue weighted by molar-refractivity contribution is 9.10. The molecule has 0 unspecified atom stereocenters. The van der Waals surface area contributed by atoms with Crippen LogP contribution in [0, 0.1) is 5.92 Å². The topological polar surface area (TPSA) is 72.2 Å². The van der Waals surface area contributed by atoms with Gasteiger partial charge in [0.2, 0.25) is 10.0 Å². The molecule has 0 aromatic heterocycles. The smallest absolute Gasteiger partial charge is 0.243 e. The van der Waals surface area contributed by atoms with Gasteiger partial charge in [0.05, 0.1) is 5.69 Å². The first-order valence-electron chi connectivity index (χ1n) is 5.81. The molecule has 0 bridgehead atoms. The van der Waals surface area contributed by atoms with Gasteiger partial charge in [0.25, 0.3) is 0 Å². The van der Waals surface area contributed by atoms with Crippen molar-refractivity contribution in [2.45, 2.75) is 37.1 Å². The van der Waals surface area contributed by atoms with Gasteiger partial charge in [0.15, 0.2) is 0 Å². The first-order chi connectivity index (χ1) is 8.22. The number of sulfonamides is 1. The van der Waals surface area contributed by atoms with Gasteiger partial charge in [-0.3, -0.25) is 0 Å². The van der Waals surface area contributed by atoms with Crippen molar-refractivity contribution in [3.63, 3.8) is 0 Å². The monoisotopic (exact) mass is 332 g/mol. The zero-order chi connectivity index (χ0) is 13.6. The molecular weight excluding hydrogens is 316 g/mol. The maximum atomic E-state index is 12.3. The summed E-state index contributed by atoms with van der Waals surface area (Å²) >= 11 is 3.26. The summed E-state index contributed by atoms with van der Waals surface area (Å²) in [5, 5.41) is 0. The van der Waals surface area contributed by atoms with Crippen LogP contribution in [0.25, 0.3) is 0 Å². The van der Waals surface area contributed by atoms with Crippen molar-refractivity contribution >= 4 is 31.6 Å². The highest BCUT2D eigenvalue weighted by Crippen LogP contribution is 2.40. The van der Waals surface area contributed by atoms with Crippen molar-refractivity contribution in [2.24, 2.45) is 5.92 Å². The SMILES string of the molecule is CC(C)(NS(=O)(=O)c1ccc(Br)cc1N)C1CC1. The summed E-state index contributed by atoms with van der Waals surface area (Å²) in [5.74, 6) is 0.420. The highest BCUT2D eigenvalue weighted by atomic mass is 79.9. The van der Waals surface area contributed by atoms with Gasteiger partial charge in [-0.2, -0.15) is 0 Å². The van der Waals surface area contributed by atoms with E-state index in [0.717, 1.165) is 17.3 Å². The van der Waals surface area contributed by atoms with Crippen molar-refractivity contribution < 1.29 is 8.42 Å². The molecule has 0 radical (unpaired) electrons. The van der Waals surface area contributed by atoms with Crippen molar-refractivity contribution in [1.82, 2.24) is 4.72 Å². The van der Waals surface area contributed by atoms with Gasteiger partial charge < -0.3 is 5.73 Å². The Morgan fingerprint density at radius 1 is 1.39 bits per heavy atom. The molecule has 1 fully saturated rings. The largest absolute Gasteiger partial charge is 0.398 e. The lowest BCUT2D eigenvalue weighted by Gasteiger charge is -2.26. The van der Waals surface area contributed by atoms with Gasteiger partial charge >= 0.3 is 0 Å². The van der Waals surface area contributed by atoms with Gasteiger partial charge in [-0.05, 0) is 50.8 Å². The lowest BCUT2D eigenvalue weighted by molar-refractivity contribution is 0.400. The molecule has 0 aliphatic heterocycles. The number of rotatable bonds is 4. The molecular formula is C12H17BrN2O2S. The molecule has 0 atom stereocenters. The first kappa shape index (κ1) is 13.8. The molecule has 100 valence electrons. The zero-order valence-corrected chi connectivity index (χ0v) is 12.8. The molecule has 3 N–H and O–H groups in total. The third-order valence-electron chi connectivity index (χ3n) is 3.26. The second-order valence-electron chi connectivity index (χ2n) is 5.28. The van der Waals surface area contributed by atoms with Crippen molar-refractivity contribution in [3.8, 4) is 0 Å². The zero-order valence-electron chi connectivity index (χ0n) is 10.4. The van der Waals surface area contributed by atoms with Crippen molar-refractivity contribution in [1.29, 1.82) is 0 Å². The fourth-order valence-electron chi connectivity index (χ4n) is 2.05. The van der Waals surface area contributed by atoms with E-state index in [1.807, 2.05) is 13.8 Å². The van der Waals surface area contributed by atoms with Gasteiger partial charge in [-0.25, -0.2) is 13.1 Å². The van der Waals surface area contributed by atoms with Crippen molar-refractivity contribution in [3.05, 3.63) is 22.7 Å². The highest BCUT2D eigenvalue weighted by Gasteiger charge is 2.40. The summed E-state index contributed by atoms with van der Waals surface area (Å²) in [6.07, 6.45) is 2.15. The fourth-order valence-corrected chi connectivity index (χ4v) is 4.02. The quantitative estimate of drug-likeness (QED) is 0.832. The lowest BCUT2D eigenvalue weighted by Crippen LogP contribution is -2.45. The number of anilines is 1. The van der Waals surface area contributed by atoms with Crippen LogP contribution in [0.3, 0.4) is 0 Å². The normalized spacial score (nSPS) is 16.8. The van der Waals surface area contributed by atoms with Crippen LogP contribution in [0.1, 0.15) is 26.7 Å². The Labute approximate surface area is 116 Å². The van der Waals surface area contributed by atoms with E-state index in [2.05, 4.69) is 20.7 Å². The molecule has 0 amide bonds. The average molecular weight is 333 g/mol. The second-order valence-corrected chi connectivity index (χ2v) is 7.85. The third kappa shape index (κ3) is 2.87. The number of benzene rings is 1. The number of hydrogen-bond acceptors (Lipinski definition) is 3. The fraction of sp³-hybridized carbons (Fsp3) is 0.500. The molecule has 0 heterocycles. The van der Waals surface area contributed by atoms with Crippen LogP contribution >= 0.6 is 15.9 Å². The van der Waals surface area contributed by atoms with Gasteiger partial charge in [-0.1, -0.05) is 15.9 Å². The summed E-state index contributed by atoms with van der Waals surface area (Å²) in [6, 6.07) is 4.79. The molecule has 1 saturated carbocycles. The van der Waals surface area contributed by atoms with Crippen LogP contribution in [0.5, 0.6) is 0 Å². The Bertz CT molecular complexity index is 565. The molecule has 4 nitrogen and oxygen atoms in total. The number of hydrogen-bond donors (Lipinski definition) is 2. The number of nitrogens with one attached hydrogen (secondary N) is 1. The lowest BCUT2D eigenvalue weighted by atomic mass is 10.0. The van der Waals surface area contributed by atoms with Crippen LogP contribution in [0.4, 0.5) is 5.69 Å². The molecule has 18 heavy (non-hydrogen) atoms. The molecule has 1 aliphatic carbocycles. The average Bonchev–Trinajstić information content (AvgIpc) is 2.97. The van der Waals surface area contributed by atoms with E-state index in [9.17, 15) is 8.42 Å². The maximum Gasteiger partial charge on any atom is 0.243 e. The van der Waals surface area contributed by atoms with Gasteiger partial charge in [-0.15, -0.1) is 0 Å². The minimum Gasteiger partial charge on any atom is -0.398 e. The summed E-state index contributed by atoms with van der Waals surface area (Å²) < 4.78 is 28.1. The number of nitrogen functional groups attached to an aromatic ring is 1. The van der Waals surface area contributed by atoms with Crippen LogP contribution < -0.4 is 10.5 Å². The predicted molar refractivity (Wildman–Crippen MR) is 75.7 cm³/mol. The van der Waals surface area contributed by atoms with E-state index in [1.54, 1.807) is 12.1 Å². The Morgan fingerprint density at radius 2 is 2.00 bits per heavy atom. The molecule has 0 spiro atoms. The Kier molecular flexibility index (Phi) is 3.46. The minimum absolute atomic E-state index is 0.138. The molecule has 2 rings (SSSR count). The van der Waals surface area contributed by atoms with E-state index in [0.29, 0.717) is 5.92 Å². The molecule has 6 heteroatoms. The standard InChI is InChI=1S/C12H17BrN2O2S/c1-12(2,8-3-4-8)15-18(16,17)11-6-5-9(13)7-10(11)14/h5-8,15H,3-4,14H2,1-2H3. The second kappa shape index (κ2) is 4.51. The van der Waals surface area contributed by atoms with Crippen LogP contribution in [0.2, 0.25) is 0 Å². The van der Waals surface area contributed by atoms with Gasteiger partial charge in [0.1, 0.15) is 4.90 Å². The molecule has 0 saturated heterocycles. The van der Waals surface area contributed by atoms with E-state index < -0.39 is 15.6 Å². The first-order valence-corrected chi connectivity index (χ1v) is 8.09.